The first kappa shape index (κ1) is 21.9. The molecule has 0 bridgehead atoms. The molecule has 2 atom stereocenters. The third-order valence-electron chi connectivity index (χ3n) is 4.62. The highest BCUT2D eigenvalue weighted by atomic mass is 32.2. The monoisotopic (exact) mass is 406 g/mol. The summed E-state index contributed by atoms with van der Waals surface area (Å²) in [6.07, 6.45) is 1.99. The maximum absolute atomic E-state index is 13.3. The summed E-state index contributed by atoms with van der Waals surface area (Å²) in [6, 6.07) is 11.8. The lowest BCUT2D eigenvalue weighted by Gasteiger charge is -2.31. The minimum Gasteiger partial charge on any atom is -0.347 e. The summed E-state index contributed by atoms with van der Waals surface area (Å²) in [5.74, 6) is -0.857. The van der Waals surface area contributed by atoms with Crippen LogP contribution in [0.2, 0.25) is 0 Å². The number of sulfonamides is 1. The molecule has 2 unspecified atom stereocenters. The van der Waals surface area contributed by atoms with E-state index < -0.39 is 21.9 Å². The molecule has 28 heavy (non-hydrogen) atoms. The minimum atomic E-state index is -3.75. The summed E-state index contributed by atoms with van der Waals surface area (Å²) < 4.78 is 39.2. The van der Waals surface area contributed by atoms with Crippen molar-refractivity contribution in [2.24, 2.45) is 0 Å². The predicted octanol–water partition coefficient (Wildman–Crippen LogP) is 3.95. The highest BCUT2D eigenvalue weighted by molar-refractivity contribution is 7.92. The molecule has 0 aliphatic rings. The van der Waals surface area contributed by atoms with E-state index in [1.165, 1.54) is 24.3 Å². The van der Waals surface area contributed by atoms with Crippen LogP contribution in [0.4, 0.5) is 10.1 Å². The van der Waals surface area contributed by atoms with E-state index in [1.54, 1.807) is 6.92 Å². The summed E-state index contributed by atoms with van der Waals surface area (Å²) in [4.78, 5) is 13.0. The maximum atomic E-state index is 13.3. The zero-order chi connectivity index (χ0) is 20.9. The van der Waals surface area contributed by atoms with E-state index in [-0.39, 0.29) is 24.1 Å². The van der Waals surface area contributed by atoms with Crippen molar-refractivity contribution in [3.63, 3.8) is 0 Å². The third kappa shape index (κ3) is 5.32. The Morgan fingerprint density at radius 3 is 2.07 bits per heavy atom. The summed E-state index contributed by atoms with van der Waals surface area (Å²) in [6.45, 7) is 5.70. The van der Waals surface area contributed by atoms with Crippen LogP contribution >= 0.6 is 0 Å². The molecule has 5 nitrogen and oxygen atoms in total. The summed E-state index contributed by atoms with van der Waals surface area (Å²) in [5.41, 5.74) is 2.34. The molecule has 0 heterocycles. The lowest BCUT2D eigenvalue weighted by Crippen LogP contribution is -2.50. The van der Waals surface area contributed by atoms with E-state index >= 15 is 0 Å². The van der Waals surface area contributed by atoms with Crippen LogP contribution in [0.5, 0.6) is 0 Å². The molecular formula is C21H27FN2O3S. The van der Waals surface area contributed by atoms with Gasteiger partial charge < -0.3 is 5.32 Å². The number of hydrogen-bond donors (Lipinski definition) is 1. The lowest BCUT2D eigenvalue weighted by molar-refractivity contribution is -0.123. The average Bonchev–Trinajstić information content (AvgIpc) is 2.64. The Morgan fingerprint density at radius 1 is 1.04 bits per heavy atom. The number of rotatable bonds is 8. The first-order chi connectivity index (χ1) is 13.2. The number of carbonyl (C=O) groups excluding carboxylic acids is 1. The Morgan fingerprint density at radius 2 is 1.61 bits per heavy atom. The number of aryl methyl sites for hydroxylation is 1. The molecule has 0 fully saturated rings. The van der Waals surface area contributed by atoms with Gasteiger partial charge in [-0.25, -0.2) is 12.8 Å². The van der Waals surface area contributed by atoms with Crippen molar-refractivity contribution in [2.75, 3.05) is 10.6 Å². The van der Waals surface area contributed by atoms with Gasteiger partial charge in [-0.05, 0) is 49.6 Å². The van der Waals surface area contributed by atoms with E-state index in [2.05, 4.69) is 5.32 Å². The molecule has 2 aromatic carbocycles. The highest BCUT2D eigenvalue weighted by Crippen LogP contribution is 2.24. The molecule has 2 aromatic rings. The molecule has 2 rings (SSSR count). The number of anilines is 1. The fraction of sp³-hybridized carbons (Fsp3) is 0.381. The van der Waals surface area contributed by atoms with Gasteiger partial charge in [-0.2, -0.15) is 0 Å². The van der Waals surface area contributed by atoms with Crippen molar-refractivity contribution >= 4 is 21.6 Å². The Hall–Kier alpha value is -2.41. The number of nitrogens with zero attached hydrogens (tertiary/aromatic N) is 1. The standard InChI is InChI=1S/C21H27FN2O3S/c1-5-19(16-9-7-15(3)8-10-16)23-21(25)20(6-2)24(28(4,26)27)18-13-11-17(22)12-14-18/h7-14,19-20H,5-6H2,1-4H3,(H,23,25). The first-order valence-electron chi connectivity index (χ1n) is 9.29. The molecule has 0 saturated heterocycles. The van der Waals surface area contributed by atoms with Gasteiger partial charge in [-0.3, -0.25) is 9.10 Å². The SMILES string of the molecule is CCC(NC(=O)C(CC)N(c1ccc(F)cc1)S(C)(=O)=O)c1ccc(C)cc1. The molecule has 0 aliphatic carbocycles. The van der Waals surface area contributed by atoms with Crippen LogP contribution in [0.15, 0.2) is 48.5 Å². The van der Waals surface area contributed by atoms with Gasteiger partial charge in [0.1, 0.15) is 11.9 Å². The van der Waals surface area contributed by atoms with Gasteiger partial charge in [0.15, 0.2) is 0 Å². The fourth-order valence-corrected chi connectivity index (χ4v) is 4.35. The van der Waals surface area contributed by atoms with E-state index in [9.17, 15) is 17.6 Å². The molecule has 1 N–H and O–H groups in total. The van der Waals surface area contributed by atoms with Gasteiger partial charge in [-0.15, -0.1) is 0 Å². The number of halogens is 1. The average molecular weight is 407 g/mol. The van der Waals surface area contributed by atoms with Gasteiger partial charge in [0.05, 0.1) is 18.0 Å². The van der Waals surface area contributed by atoms with Crippen LogP contribution in [-0.4, -0.2) is 26.6 Å². The number of amides is 1. The summed E-state index contributed by atoms with van der Waals surface area (Å²) in [7, 11) is -3.75. The van der Waals surface area contributed by atoms with E-state index in [4.69, 9.17) is 0 Å². The van der Waals surface area contributed by atoms with Gasteiger partial charge in [0.25, 0.3) is 0 Å². The molecule has 152 valence electrons. The molecule has 1 amide bonds. The molecule has 0 spiro atoms. The van der Waals surface area contributed by atoms with Gasteiger partial charge >= 0.3 is 0 Å². The molecule has 0 aromatic heterocycles. The van der Waals surface area contributed by atoms with Crippen molar-refractivity contribution in [1.29, 1.82) is 0 Å². The molecule has 7 heteroatoms. The molecular weight excluding hydrogens is 379 g/mol. The predicted molar refractivity (Wildman–Crippen MR) is 110 cm³/mol. The smallest absolute Gasteiger partial charge is 0.244 e. The quantitative estimate of drug-likeness (QED) is 0.722. The van der Waals surface area contributed by atoms with Crippen LogP contribution in [0, 0.1) is 12.7 Å². The molecule has 0 radical (unpaired) electrons. The second-order valence-corrected chi connectivity index (χ2v) is 8.70. The van der Waals surface area contributed by atoms with Crippen molar-refractivity contribution in [2.45, 2.75) is 45.7 Å². The summed E-state index contributed by atoms with van der Waals surface area (Å²) in [5, 5.41) is 2.97. The Balaban J connectivity index is 2.32. The van der Waals surface area contributed by atoms with E-state index in [0.29, 0.717) is 6.42 Å². The van der Waals surface area contributed by atoms with Gasteiger partial charge in [0, 0.05) is 0 Å². The van der Waals surface area contributed by atoms with Crippen molar-refractivity contribution < 1.29 is 17.6 Å². The topological polar surface area (TPSA) is 66.5 Å². The normalized spacial score (nSPS) is 13.6. The van der Waals surface area contributed by atoms with Gasteiger partial charge in [0.2, 0.25) is 15.9 Å². The summed E-state index contributed by atoms with van der Waals surface area (Å²) >= 11 is 0. The van der Waals surface area contributed by atoms with Crippen LogP contribution in [-0.2, 0) is 14.8 Å². The number of hydrogen-bond acceptors (Lipinski definition) is 3. The number of carbonyl (C=O) groups is 1. The Bertz CT molecular complexity index is 896. The van der Waals surface area contributed by atoms with Crippen LogP contribution < -0.4 is 9.62 Å². The second-order valence-electron chi connectivity index (χ2n) is 6.84. The Kier molecular flexibility index (Phi) is 7.18. The number of benzene rings is 2. The minimum absolute atomic E-state index is 0.225. The van der Waals surface area contributed by atoms with E-state index in [1.807, 2.05) is 38.1 Å². The maximum Gasteiger partial charge on any atom is 0.244 e. The highest BCUT2D eigenvalue weighted by Gasteiger charge is 2.32. The van der Waals surface area contributed by atoms with E-state index in [0.717, 1.165) is 21.7 Å². The van der Waals surface area contributed by atoms with Crippen molar-refractivity contribution in [3.05, 3.63) is 65.5 Å². The third-order valence-corrected chi connectivity index (χ3v) is 5.80. The van der Waals surface area contributed by atoms with Crippen LogP contribution in [0.3, 0.4) is 0 Å². The first-order valence-corrected chi connectivity index (χ1v) is 11.1. The Labute approximate surface area is 166 Å². The zero-order valence-corrected chi connectivity index (χ0v) is 17.5. The van der Waals surface area contributed by atoms with Crippen LogP contribution in [0.25, 0.3) is 0 Å². The second kappa shape index (κ2) is 9.19. The zero-order valence-electron chi connectivity index (χ0n) is 16.6. The van der Waals surface area contributed by atoms with Crippen LogP contribution in [0.1, 0.15) is 43.9 Å². The molecule has 0 aliphatic heterocycles. The lowest BCUT2D eigenvalue weighted by atomic mass is 10.0. The largest absolute Gasteiger partial charge is 0.347 e. The fourth-order valence-electron chi connectivity index (χ4n) is 3.14. The molecule has 0 saturated carbocycles. The van der Waals surface area contributed by atoms with Crippen molar-refractivity contribution in [3.8, 4) is 0 Å². The number of nitrogens with one attached hydrogen (secondary N) is 1. The van der Waals surface area contributed by atoms with Gasteiger partial charge in [-0.1, -0.05) is 43.7 Å². The van der Waals surface area contributed by atoms with Crippen molar-refractivity contribution in [1.82, 2.24) is 5.32 Å².